The highest BCUT2D eigenvalue weighted by atomic mass is 35.5. The molecule has 3 aromatic rings. The number of hydrogen-bond donors (Lipinski definition) is 1. The number of benzene rings is 2. The molecule has 1 aromatic heterocycles. The van der Waals surface area contributed by atoms with Gasteiger partial charge < -0.3 is 5.32 Å². The van der Waals surface area contributed by atoms with E-state index in [4.69, 9.17) is 11.6 Å². The summed E-state index contributed by atoms with van der Waals surface area (Å²) in [5.41, 5.74) is 2.59. The van der Waals surface area contributed by atoms with E-state index in [9.17, 15) is 9.18 Å². The fourth-order valence-corrected chi connectivity index (χ4v) is 4.17. The third-order valence-electron chi connectivity index (χ3n) is 5.82. The van der Waals surface area contributed by atoms with Gasteiger partial charge in [-0.1, -0.05) is 48.0 Å². The minimum atomic E-state index is -0.282. The molecule has 1 aliphatic heterocycles. The van der Waals surface area contributed by atoms with Gasteiger partial charge in [-0.05, 0) is 61.3 Å². The van der Waals surface area contributed by atoms with Gasteiger partial charge in [-0.25, -0.2) is 4.39 Å². The number of amides is 1. The normalized spacial score (nSPS) is 16.1. The molecule has 1 amide bonds. The van der Waals surface area contributed by atoms with Crippen LogP contribution in [0, 0.1) is 11.7 Å². The Kier molecular flexibility index (Phi) is 6.95. The first-order valence-corrected chi connectivity index (χ1v) is 10.9. The van der Waals surface area contributed by atoms with Gasteiger partial charge in [-0.3, -0.25) is 14.7 Å². The van der Waals surface area contributed by atoms with E-state index in [2.05, 4.69) is 15.2 Å². The molecule has 6 heteroatoms. The van der Waals surface area contributed by atoms with Crippen molar-refractivity contribution < 1.29 is 9.18 Å². The van der Waals surface area contributed by atoms with Crippen molar-refractivity contribution in [1.82, 2.24) is 15.2 Å². The predicted octanol–water partition coefficient (Wildman–Crippen LogP) is 4.99. The van der Waals surface area contributed by atoms with Crippen LogP contribution in [0.2, 0.25) is 5.02 Å². The van der Waals surface area contributed by atoms with Gasteiger partial charge in [0.2, 0.25) is 5.91 Å². The zero-order valence-electron chi connectivity index (χ0n) is 17.2. The zero-order chi connectivity index (χ0) is 21.6. The number of nitrogens with one attached hydrogen (secondary N) is 1. The highest BCUT2D eigenvalue weighted by molar-refractivity contribution is 6.30. The molecule has 31 heavy (non-hydrogen) atoms. The summed E-state index contributed by atoms with van der Waals surface area (Å²) in [5, 5.41) is 3.87. The van der Waals surface area contributed by atoms with Gasteiger partial charge in [0.25, 0.3) is 0 Å². The molecule has 0 spiro atoms. The number of likely N-dealkylation sites (tertiary alicyclic amines) is 1. The van der Waals surface area contributed by atoms with Gasteiger partial charge >= 0.3 is 0 Å². The summed E-state index contributed by atoms with van der Waals surface area (Å²) >= 11 is 6.04. The number of aromatic nitrogens is 1. The maximum atomic E-state index is 13.9. The summed E-state index contributed by atoms with van der Waals surface area (Å²) in [6.07, 6.45) is 4.99. The SMILES string of the molecule is O=C(NC(c1ccc(Cl)cc1)c1cccnc1)C1CCN(Cc2ccccc2F)CC1. The van der Waals surface area contributed by atoms with Crippen LogP contribution in [-0.4, -0.2) is 28.9 Å². The Bertz CT molecular complexity index is 1000. The zero-order valence-corrected chi connectivity index (χ0v) is 17.9. The van der Waals surface area contributed by atoms with Crippen LogP contribution >= 0.6 is 11.6 Å². The van der Waals surface area contributed by atoms with E-state index < -0.39 is 0 Å². The molecule has 2 heterocycles. The van der Waals surface area contributed by atoms with E-state index in [0.29, 0.717) is 17.1 Å². The van der Waals surface area contributed by atoms with Crippen LogP contribution in [0.1, 0.15) is 35.6 Å². The van der Waals surface area contributed by atoms with E-state index >= 15 is 0 Å². The number of halogens is 2. The second-order valence-electron chi connectivity index (χ2n) is 7.92. The summed E-state index contributed by atoms with van der Waals surface area (Å²) in [7, 11) is 0. The Morgan fingerprint density at radius 2 is 1.81 bits per heavy atom. The molecule has 0 saturated carbocycles. The molecule has 1 atom stereocenters. The summed E-state index contributed by atoms with van der Waals surface area (Å²) in [5.74, 6) is -0.206. The number of pyridine rings is 1. The van der Waals surface area contributed by atoms with Gasteiger partial charge in [-0.15, -0.1) is 0 Å². The van der Waals surface area contributed by atoms with E-state index in [1.807, 2.05) is 48.5 Å². The predicted molar refractivity (Wildman–Crippen MR) is 120 cm³/mol. The molecular weight excluding hydrogens is 413 g/mol. The van der Waals surface area contributed by atoms with Crippen LogP contribution < -0.4 is 5.32 Å². The van der Waals surface area contributed by atoms with Crippen LogP contribution in [0.25, 0.3) is 0 Å². The summed E-state index contributed by atoms with van der Waals surface area (Å²) in [6.45, 7) is 2.11. The molecule has 1 fully saturated rings. The maximum Gasteiger partial charge on any atom is 0.223 e. The quantitative estimate of drug-likeness (QED) is 0.590. The Hall–Kier alpha value is -2.76. The Morgan fingerprint density at radius 3 is 2.48 bits per heavy atom. The molecule has 0 radical (unpaired) electrons. The molecule has 160 valence electrons. The van der Waals surface area contributed by atoms with Crippen LogP contribution in [0.4, 0.5) is 4.39 Å². The number of rotatable bonds is 6. The summed E-state index contributed by atoms with van der Waals surface area (Å²) in [6, 6.07) is 17.9. The van der Waals surface area contributed by atoms with Gasteiger partial charge in [0.15, 0.2) is 0 Å². The lowest BCUT2D eigenvalue weighted by Gasteiger charge is -2.32. The fourth-order valence-electron chi connectivity index (χ4n) is 4.04. The van der Waals surface area contributed by atoms with Crippen LogP contribution in [0.5, 0.6) is 0 Å². The fraction of sp³-hybridized carbons (Fsp3) is 0.280. The number of carbonyl (C=O) groups is 1. The Labute approximate surface area is 187 Å². The average Bonchev–Trinajstić information content (AvgIpc) is 2.81. The highest BCUT2D eigenvalue weighted by Crippen LogP contribution is 2.26. The van der Waals surface area contributed by atoms with E-state index in [1.165, 1.54) is 6.07 Å². The van der Waals surface area contributed by atoms with E-state index in [1.54, 1.807) is 18.5 Å². The van der Waals surface area contributed by atoms with Crippen molar-refractivity contribution in [3.05, 3.63) is 101 Å². The molecule has 1 saturated heterocycles. The van der Waals surface area contributed by atoms with Crippen molar-refractivity contribution in [3.8, 4) is 0 Å². The minimum absolute atomic E-state index is 0.0364. The van der Waals surface area contributed by atoms with Crippen molar-refractivity contribution in [2.45, 2.75) is 25.4 Å². The Balaban J connectivity index is 1.40. The smallest absolute Gasteiger partial charge is 0.223 e. The first-order valence-electron chi connectivity index (χ1n) is 10.5. The molecule has 2 aromatic carbocycles. The van der Waals surface area contributed by atoms with Crippen molar-refractivity contribution >= 4 is 17.5 Å². The van der Waals surface area contributed by atoms with Gasteiger partial charge in [0.05, 0.1) is 6.04 Å². The van der Waals surface area contributed by atoms with Crippen molar-refractivity contribution in [2.24, 2.45) is 5.92 Å². The third kappa shape index (κ3) is 5.49. The standard InChI is InChI=1S/C25H25ClFN3O/c26-22-9-7-18(8-10-22)24(20-5-3-13-28-16-20)29-25(31)19-11-14-30(15-12-19)17-21-4-1-2-6-23(21)27/h1-10,13,16,19,24H,11-12,14-15,17H2,(H,29,31). The number of hydrogen-bond acceptors (Lipinski definition) is 3. The van der Waals surface area contributed by atoms with Gasteiger partial charge in [0.1, 0.15) is 5.82 Å². The number of nitrogens with zero attached hydrogens (tertiary/aromatic N) is 2. The lowest BCUT2D eigenvalue weighted by molar-refractivity contribution is -0.127. The van der Waals surface area contributed by atoms with Crippen LogP contribution in [0.15, 0.2) is 73.1 Å². The molecule has 1 unspecified atom stereocenters. The molecule has 0 bridgehead atoms. The Morgan fingerprint density at radius 1 is 1.06 bits per heavy atom. The number of piperidine rings is 1. The minimum Gasteiger partial charge on any atom is -0.345 e. The van der Waals surface area contributed by atoms with Crippen molar-refractivity contribution in [2.75, 3.05) is 13.1 Å². The molecule has 0 aliphatic carbocycles. The van der Waals surface area contributed by atoms with Gasteiger partial charge in [0, 0.05) is 35.4 Å². The lowest BCUT2D eigenvalue weighted by Crippen LogP contribution is -2.41. The maximum absolute atomic E-state index is 13.9. The van der Waals surface area contributed by atoms with E-state index in [0.717, 1.165) is 37.1 Å². The average molecular weight is 438 g/mol. The van der Waals surface area contributed by atoms with Crippen LogP contribution in [-0.2, 0) is 11.3 Å². The van der Waals surface area contributed by atoms with Gasteiger partial charge in [-0.2, -0.15) is 0 Å². The monoisotopic (exact) mass is 437 g/mol. The molecule has 4 nitrogen and oxygen atoms in total. The van der Waals surface area contributed by atoms with Crippen molar-refractivity contribution in [1.29, 1.82) is 0 Å². The molecule has 1 N–H and O–H groups in total. The largest absolute Gasteiger partial charge is 0.345 e. The third-order valence-corrected chi connectivity index (χ3v) is 6.07. The number of carbonyl (C=O) groups excluding carboxylic acids is 1. The van der Waals surface area contributed by atoms with Crippen LogP contribution in [0.3, 0.4) is 0 Å². The lowest BCUT2D eigenvalue weighted by atomic mass is 9.93. The first kappa shape index (κ1) is 21.5. The first-order chi connectivity index (χ1) is 15.1. The van der Waals surface area contributed by atoms with E-state index in [-0.39, 0.29) is 23.7 Å². The molecule has 4 rings (SSSR count). The molecule has 1 aliphatic rings. The second-order valence-corrected chi connectivity index (χ2v) is 8.36. The summed E-state index contributed by atoms with van der Waals surface area (Å²) in [4.78, 5) is 19.5. The topological polar surface area (TPSA) is 45.2 Å². The highest BCUT2D eigenvalue weighted by Gasteiger charge is 2.28. The second kappa shape index (κ2) is 10.0. The summed E-state index contributed by atoms with van der Waals surface area (Å²) < 4.78 is 13.9. The molecular formula is C25H25ClFN3O. The van der Waals surface area contributed by atoms with Crippen molar-refractivity contribution in [3.63, 3.8) is 0 Å².